The molecule has 2 heterocycles. The summed E-state index contributed by atoms with van der Waals surface area (Å²) in [6, 6.07) is 0. The molecule has 20 heavy (non-hydrogen) atoms. The summed E-state index contributed by atoms with van der Waals surface area (Å²) >= 11 is 0. The third kappa shape index (κ3) is 3.25. The Labute approximate surface area is 121 Å². The standard InChI is InChI=1S/C15H26N2O3/c1-5-11-9-15(16-12(11)18)7-6-8-17(10-15)13(19)20-14(2,3)4/h11H,5-10H2,1-4H3,(H,16,18). The second-order valence-corrected chi connectivity index (χ2v) is 7.08. The second-order valence-electron chi connectivity index (χ2n) is 7.08. The summed E-state index contributed by atoms with van der Waals surface area (Å²) in [7, 11) is 0. The van der Waals surface area contributed by atoms with Gasteiger partial charge in [0.1, 0.15) is 5.60 Å². The van der Waals surface area contributed by atoms with E-state index >= 15 is 0 Å². The Balaban J connectivity index is 2.02. The first-order valence-electron chi connectivity index (χ1n) is 7.55. The molecule has 5 nitrogen and oxygen atoms in total. The topological polar surface area (TPSA) is 58.6 Å². The fourth-order valence-electron chi connectivity index (χ4n) is 3.19. The van der Waals surface area contributed by atoms with Crippen molar-refractivity contribution in [2.24, 2.45) is 5.92 Å². The molecule has 0 aromatic heterocycles. The average Bonchev–Trinajstić information content (AvgIpc) is 2.63. The van der Waals surface area contributed by atoms with Crippen LogP contribution in [0.5, 0.6) is 0 Å². The van der Waals surface area contributed by atoms with Crippen LogP contribution in [0.2, 0.25) is 0 Å². The van der Waals surface area contributed by atoms with Crippen molar-refractivity contribution in [2.75, 3.05) is 13.1 Å². The zero-order valence-corrected chi connectivity index (χ0v) is 13.0. The van der Waals surface area contributed by atoms with E-state index in [1.165, 1.54) is 0 Å². The highest BCUT2D eigenvalue weighted by Gasteiger charge is 2.46. The van der Waals surface area contributed by atoms with Crippen molar-refractivity contribution in [1.29, 1.82) is 0 Å². The summed E-state index contributed by atoms with van der Waals surface area (Å²) in [6.07, 6.45) is 3.29. The quantitative estimate of drug-likeness (QED) is 0.803. The lowest BCUT2D eigenvalue weighted by molar-refractivity contribution is -0.123. The van der Waals surface area contributed by atoms with Crippen LogP contribution in [0, 0.1) is 5.92 Å². The van der Waals surface area contributed by atoms with Crippen LogP contribution < -0.4 is 5.32 Å². The van der Waals surface area contributed by atoms with Crippen LogP contribution in [0.15, 0.2) is 0 Å². The molecule has 2 atom stereocenters. The van der Waals surface area contributed by atoms with E-state index in [0.717, 1.165) is 25.7 Å². The summed E-state index contributed by atoms with van der Waals surface area (Å²) < 4.78 is 5.43. The zero-order valence-electron chi connectivity index (χ0n) is 13.0. The van der Waals surface area contributed by atoms with Gasteiger partial charge in [0.2, 0.25) is 5.91 Å². The van der Waals surface area contributed by atoms with Crippen LogP contribution in [-0.2, 0) is 9.53 Å². The number of carbonyl (C=O) groups is 2. The SMILES string of the molecule is CCC1CC2(CCCN(C(=O)OC(C)(C)C)C2)NC1=O. The van der Waals surface area contributed by atoms with Gasteiger partial charge in [0.25, 0.3) is 0 Å². The molecule has 2 fully saturated rings. The molecule has 0 aromatic rings. The zero-order chi connectivity index (χ0) is 15.0. The predicted octanol–water partition coefficient (Wildman–Crippen LogP) is 2.30. The number of nitrogens with zero attached hydrogens (tertiary/aromatic N) is 1. The molecule has 0 aromatic carbocycles. The van der Waals surface area contributed by atoms with Gasteiger partial charge in [0, 0.05) is 19.0 Å². The summed E-state index contributed by atoms with van der Waals surface area (Å²) in [5.41, 5.74) is -0.709. The molecule has 5 heteroatoms. The largest absolute Gasteiger partial charge is 0.444 e. The highest BCUT2D eigenvalue weighted by Crippen LogP contribution is 2.35. The van der Waals surface area contributed by atoms with Crippen LogP contribution >= 0.6 is 0 Å². The van der Waals surface area contributed by atoms with Crippen LogP contribution in [-0.4, -0.2) is 41.1 Å². The van der Waals surface area contributed by atoms with Crippen molar-refractivity contribution >= 4 is 12.0 Å². The lowest BCUT2D eigenvalue weighted by Gasteiger charge is -2.40. The summed E-state index contributed by atoms with van der Waals surface area (Å²) in [5.74, 6) is 0.229. The monoisotopic (exact) mass is 282 g/mol. The average molecular weight is 282 g/mol. The van der Waals surface area contributed by atoms with E-state index in [1.54, 1.807) is 4.90 Å². The van der Waals surface area contributed by atoms with E-state index < -0.39 is 5.60 Å². The highest BCUT2D eigenvalue weighted by atomic mass is 16.6. The minimum Gasteiger partial charge on any atom is -0.444 e. The lowest BCUT2D eigenvalue weighted by Crippen LogP contribution is -2.56. The van der Waals surface area contributed by atoms with E-state index in [4.69, 9.17) is 4.74 Å². The third-order valence-corrected chi connectivity index (χ3v) is 4.12. The molecule has 0 bridgehead atoms. The van der Waals surface area contributed by atoms with Gasteiger partial charge in [-0.2, -0.15) is 0 Å². The maximum Gasteiger partial charge on any atom is 0.410 e. The van der Waals surface area contributed by atoms with Crippen molar-refractivity contribution < 1.29 is 14.3 Å². The van der Waals surface area contributed by atoms with Gasteiger partial charge in [-0.25, -0.2) is 4.79 Å². The minimum absolute atomic E-state index is 0.0913. The van der Waals surface area contributed by atoms with Crippen molar-refractivity contribution in [2.45, 2.75) is 64.5 Å². The Hall–Kier alpha value is -1.26. The summed E-state index contributed by atoms with van der Waals surface area (Å²) in [6.45, 7) is 8.93. The second kappa shape index (κ2) is 5.26. The Kier molecular flexibility index (Phi) is 3.98. The molecular formula is C15H26N2O3. The van der Waals surface area contributed by atoms with Gasteiger partial charge in [0.15, 0.2) is 0 Å². The number of amides is 2. The van der Waals surface area contributed by atoms with Crippen LogP contribution in [0.25, 0.3) is 0 Å². The Morgan fingerprint density at radius 1 is 1.50 bits per heavy atom. The molecule has 114 valence electrons. The number of likely N-dealkylation sites (tertiary alicyclic amines) is 1. The molecule has 2 rings (SSSR count). The Morgan fingerprint density at radius 2 is 2.20 bits per heavy atom. The van der Waals surface area contributed by atoms with Gasteiger partial charge in [-0.15, -0.1) is 0 Å². The summed E-state index contributed by atoms with van der Waals surface area (Å²) in [4.78, 5) is 25.9. The molecule has 0 saturated carbocycles. The number of piperidine rings is 1. The lowest BCUT2D eigenvalue weighted by atomic mass is 9.84. The third-order valence-electron chi connectivity index (χ3n) is 4.12. The molecule has 2 aliphatic rings. The number of hydrogen-bond donors (Lipinski definition) is 1. The molecule has 1 N–H and O–H groups in total. The first-order chi connectivity index (χ1) is 9.25. The van der Waals surface area contributed by atoms with Gasteiger partial charge in [-0.1, -0.05) is 6.92 Å². The maximum atomic E-state index is 12.2. The van der Waals surface area contributed by atoms with E-state index in [1.807, 2.05) is 27.7 Å². The van der Waals surface area contributed by atoms with E-state index in [-0.39, 0.29) is 23.5 Å². The number of ether oxygens (including phenoxy) is 1. The normalized spacial score (nSPS) is 30.5. The van der Waals surface area contributed by atoms with E-state index in [0.29, 0.717) is 13.1 Å². The Bertz CT molecular complexity index is 402. The first kappa shape index (κ1) is 15.1. The summed E-state index contributed by atoms with van der Waals surface area (Å²) in [5, 5.41) is 3.13. The number of hydrogen-bond acceptors (Lipinski definition) is 3. The molecule has 2 saturated heterocycles. The van der Waals surface area contributed by atoms with Gasteiger partial charge in [-0.05, 0) is 46.5 Å². The van der Waals surface area contributed by atoms with Gasteiger partial charge < -0.3 is 15.0 Å². The van der Waals surface area contributed by atoms with E-state index in [9.17, 15) is 9.59 Å². The molecule has 2 aliphatic heterocycles. The Morgan fingerprint density at radius 3 is 2.75 bits per heavy atom. The highest BCUT2D eigenvalue weighted by molar-refractivity contribution is 5.82. The van der Waals surface area contributed by atoms with Gasteiger partial charge >= 0.3 is 6.09 Å². The minimum atomic E-state index is -0.480. The van der Waals surface area contributed by atoms with Crippen molar-refractivity contribution in [3.8, 4) is 0 Å². The van der Waals surface area contributed by atoms with Crippen molar-refractivity contribution in [1.82, 2.24) is 10.2 Å². The molecule has 2 amide bonds. The maximum absolute atomic E-state index is 12.2. The van der Waals surface area contributed by atoms with Crippen molar-refractivity contribution in [3.05, 3.63) is 0 Å². The van der Waals surface area contributed by atoms with Crippen LogP contribution in [0.4, 0.5) is 4.79 Å². The molecular weight excluding hydrogens is 256 g/mol. The predicted molar refractivity (Wildman–Crippen MR) is 76.3 cm³/mol. The molecule has 2 unspecified atom stereocenters. The fourth-order valence-corrected chi connectivity index (χ4v) is 3.19. The van der Waals surface area contributed by atoms with E-state index in [2.05, 4.69) is 5.32 Å². The molecule has 0 aliphatic carbocycles. The first-order valence-corrected chi connectivity index (χ1v) is 7.55. The number of rotatable bonds is 1. The number of carbonyl (C=O) groups excluding carboxylic acids is 2. The van der Waals surface area contributed by atoms with Crippen LogP contribution in [0.3, 0.4) is 0 Å². The van der Waals surface area contributed by atoms with Crippen molar-refractivity contribution in [3.63, 3.8) is 0 Å². The number of nitrogens with one attached hydrogen (secondary N) is 1. The van der Waals surface area contributed by atoms with Gasteiger partial charge in [-0.3, -0.25) is 4.79 Å². The fraction of sp³-hybridized carbons (Fsp3) is 0.867. The molecule has 1 spiro atoms. The smallest absolute Gasteiger partial charge is 0.410 e. The van der Waals surface area contributed by atoms with Crippen LogP contribution in [0.1, 0.15) is 53.4 Å². The van der Waals surface area contributed by atoms with Gasteiger partial charge in [0.05, 0.1) is 5.54 Å². The molecule has 0 radical (unpaired) electrons.